The molecule has 1 amide bonds. The highest BCUT2D eigenvalue weighted by Gasteiger charge is 2.47. The highest BCUT2D eigenvalue weighted by Crippen LogP contribution is 2.28. The molecule has 0 saturated carbocycles. The third kappa shape index (κ3) is 3.67. The number of fused-ring (bicyclic) bond motifs is 1. The number of rotatable bonds is 6. The molecule has 148 valence electrons. The van der Waals surface area contributed by atoms with Gasteiger partial charge < -0.3 is 9.47 Å². The summed E-state index contributed by atoms with van der Waals surface area (Å²) < 4.78 is 38.0. The van der Waals surface area contributed by atoms with Gasteiger partial charge in [-0.2, -0.15) is 0 Å². The first-order valence-corrected chi connectivity index (χ1v) is 9.30. The highest BCUT2D eigenvalue weighted by atomic mass is 19.2. The molecule has 2 aliphatic heterocycles. The first-order chi connectivity index (χ1) is 13.5. The number of halogens is 2. The first-order valence-electron chi connectivity index (χ1n) is 9.30. The van der Waals surface area contributed by atoms with Crippen LogP contribution in [-0.4, -0.2) is 54.8 Å². The number of hydrogen-bond acceptors (Lipinski definition) is 4. The van der Waals surface area contributed by atoms with Crippen LogP contribution >= 0.6 is 0 Å². The van der Waals surface area contributed by atoms with Gasteiger partial charge in [-0.25, -0.2) is 13.6 Å². The molecule has 0 radical (unpaired) electrons. The smallest absolute Gasteiger partial charge is 0.410 e. The maximum Gasteiger partial charge on any atom is 0.410 e. The second kappa shape index (κ2) is 7.75. The molecule has 0 aliphatic carbocycles. The van der Waals surface area contributed by atoms with Gasteiger partial charge >= 0.3 is 6.09 Å². The second-order valence-corrected chi connectivity index (χ2v) is 7.19. The number of carbonyl (C=O) groups is 1. The van der Waals surface area contributed by atoms with Gasteiger partial charge in [0.1, 0.15) is 11.9 Å². The molecule has 5 nitrogen and oxygen atoms in total. The van der Waals surface area contributed by atoms with Gasteiger partial charge in [-0.15, -0.1) is 0 Å². The van der Waals surface area contributed by atoms with Crippen LogP contribution in [0, 0.1) is 11.6 Å². The van der Waals surface area contributed by atoms with Gasteiger partial charge in [0.15, 0.2) is 11.6 Å². The fraction of sp³-hybridized carbons (Fsp3) is 0.381. The fourth-order valence-electron chi connectivity index (χ4n) is 3.92. The van der Waals surface area contributed by atoms with E-state index in [1.165, 1.54) is 6.07 Å². The molecule has 0 unspecified atom stereocenters. The van der Waals surface area contributed by atoms with Crippen LogP contribution in [0.3, 0.4) is 0 Å². The van der Waals surface area contributed by atoms with Crippen LogP contribution in [0.5, 0.6) is 5.75 Å². The van der Waals surface area contributed by atoms with Crippen molar-refractivity contribution < 1.29 is 23.0 Å². The Morgan fingerprint density at radius 3 is 2.68 bits per heavy atom. The zero-order valence-electron chi connectivity index (χ0n) is 15.6. The predicted octanol–water partition coefficient (Wildman–Crippen LogP) is 3.22. The number of ether oxygens (including phenoxy) is 2. The van der Waals surface area contributed by atoms with E-state index in [9.17, 15) is 13.6 Å². The zero-order chi connectivity index (χ0) is 19.7. The Morgan fingerprint density at radius 2 is 1.93 bits per heavy atom. The number of likely N-dealkylation sites (tertiary alicyclic amines) is 1. The van der Waals surface area contributed by atoms with E-state index < -0.39 is 11.6 Å². The maximum atomic E-state index is 13.9. The van der Waals surface area contributed by atoms with Crippen molar-refractivity contribution in [1.29, 1.82) is 0 Å². The van der Waals surface area contributed by atoms with E-state index in [2.05, 4.69) is 0 Å². The van der Waals surface area contributed by atoms with E-state index in [1.807, 2.05) is 29.2 Å². The number of amides is 1. The second-order valence-electron chi connectivity index (χ2n) is 7.19. The molecule has 4 rings (SSSR count). The molecule has 2 fully saturated rings. The van der Waals surface area contributed by atoms with Crippen molar-refractivity contribution >= 4 is 6.09 Å². The molecule has 2 saturated heterocycles. The molecule has 2 aromatic carbocycles. The molecule has 28 heavy (non-hydrogen) atoms. The Labute approximate surface area is 162 Å². The third-order valence-electron chi connectivity index (χ3n) is 5.43. The number of carbonyl (C=O) groups excluding carboxylic acids is 1. The summed E-state index contributed by atoms with van der Waals surface area (Å²) >= 11 is 0. The molecule has 0 bridgehead atoms. The lowest BCUT2D eigenvalue weighted by Gasteiger charge is -2.22. The van der Waals surface area contributed by atoms with E-state index in [0.29, 0.717) is 38.2 Å². The molecule has 0 N–H and O–H groups in total. The van der Waals surface area contributed by atoms with Gasteiger partial charge in [0.25, 0.3) is 0 Å². The minimum atomic E-state index is -0.843. The quantitative estimate of drug-likeness (QED) is 0.762. The van der Waals surface area contributed by atoms with Crippen LogP contribution < -0.4 is 4.74 Å². The van der Waals surface area contributed by atoms with E-state index >= 15 is 0 Å². The van der Waals surface area contributed by atoms with Crippen molar-refractivity contribution in [2.75, 3.05) is 26.7 Å². The Morgan fingerprint density at radius 1 is 1.14 bits per heavy atom. The average Bonchev–Trinajstić information content (AvgIpc) is 3.20. The minimum absolute atomic E-state index is 0.0673. The molecule has 2 atom stereocenters. The van der Waals surface area contributed by atoms with Gasteiger partial charge in [0.2, 0.25) is 0 Å². The summed E-state index contributed by atoms with van der Waals surface area (Å²) in [5.74, 6) is -0.863. The average molecular weight is 388 g/mol. The van der Waals surface area contributed by atoms with Crippen LogP contribution in [0.4, 0.5) is 13.6 Å². The number of hydrogen-bond donors (Lipinski definition) is 0. The monoisotopic (exact) mass is 388 g/mol. The first kappa shape index (κ1) is 18.7. The van der Waals surface area contributed by atoms with Gasteiger partial charge in [0, 0.05) is 31.7 Å². The van der Waals surface area contributed by atoms with Gasteiger partial charge in [-0.1, -0.05) is 24.3 Å². The van der Waals surface area contributed by atoms with Crippen molar-refractivity contribution in [3.05, 3.63) is 65.2 Å². The molecule has 0 spiro atoms. The van der Waals surface area contributed by atoms with E-state index in [-0.39, 0.29) is 18.2 Å². The molecular weight excluding hydrogens is 366 g/mol. The number of methoxy groups -OCH3 is 1. The Hall–Kier alpha value is -2.67. The summed E-state index contributed by atoms with van der Waals surface area (Å²) in [5.41, 5.74) is 1.42. The van der Waals surface area contributed by atoms with Gasteiger partial charge in [0.05, 0.1) is 13.2 Å². The summed E-state index contributed by atoms with van der Waals surface area (Å²) in [4.78, 5) is 16.0. The highest BCUT2D eigenvalue weighted by molar-refractivity contribution is 5.71. The van der Waals surface area contributed by atoms with Gasteiger partial charge in [-0.3, -0.25) is 9.80 Å². The van der Waals surface area contributed by atoms with Crippen molar-refractivity contribution in [3.63, 3.8) is 0 Å². The standard InChI is InChI=1S/C21H22F2N2O3/c1-27-16-7-5-14(6-8-16)9-10-25-18-12-24(13-19(18)28-21(25)26)11-15-3-2-4-17(22)20(15)23/h2-8,18-19H,9-13H2,1H3/t18-,19+/m1/s1. The number of benzene rings is 2. The summed E-state index contributed by atoms with van der Waals surface area (Å²) in [6.07, 6.45) is 0.168. The largest absolute Gasteiger partial charge is 0.497 e. The molecule has 7 heteroatoms. The zero-order valence-corrected chi connectivity index (χ0v) is 15.6. The molecule has 2 aromatic rings. The van der Waals surface area contributed by atoms with Crippen molar-refractivity contribution in [3.8, 4) is 5.75 Å². The van der Waals surface area contributed by atoms with Crippen molar-refractivity contribution in [2.45, 2.75) is 25.1 Å². The van der Waals surface area contributed by atoms with Crippen molar-refractivity contribution in [1.82, 2.24) is 9.80 Å². The van der Waals surface area contributed by atoms with E-state index in [4.69, 9.17) is 9.47 Å². The third-order valence-corrected chi connectivity index (χ3v) is 5.43. The normalized spacial score (nSPS) is 21.7. The molecule has 2 heterocycles. The van der Waals surface area contributed by atoms with Crippen LogP contribution in [0.25, 0.3) is 0 Å². The molecular formula is C21H22F2N2O3. The summed E-state index contributed by atoms with van der Waals surface area (Å²) in [7, 11) is 1.62. The topological polar surface area (TPSA) is 42.0 Å². The Bertz CT molecular complexity index is 859. The lowest BCUT2D eigenvalue weighted by molar-refractivity contribution is 0.120. The summed E-state index contributed by atoms with van der Waals surface area (Å²) in [6, 6.07) is 11.9. The van der Waals surface area contributed by atoms with Crippen LogP contribution in [0.1, 0.15) is 11.1 Å². The lowest BCUT2D eigenvalue weighted by atomic mass is 10.1. The lowest BCUT2D eigenvalue weighted by Crippen LogP contribution is -2.39. The SMILES string of the molecule is COc1ccc(CCN2C(=O)O[C@H]3CN(Cc4cccc(F)c4F)C[C@H]32)cc1. The number of nitrogens with zero attached hydrogens (tertiary/aromatic N) is 2. The van der Waals surface area contributed by atoms with Crippen LogP contribution in [-0.2, 0) is 17.7 Å². The molecule has 0 aromatic heterocycles. The summed E-state index contributed by atoms with van der Waals surface area (Å²) in [6.45, 7) is 1.94. The predicted molar refractivity (Wildman–Crippen MR) is 99.1 cm³/mol. The Kier molecular flexibility index (Phi) is 5.17. The van der Waals surface area contributed by atoms with Gasteiger partial charge in [-0.05, 0) is 30.2 Å². The van der Waals surface area contributed by atoms with Crippen LogP contribution in [0.2, 0.25) is 0 Å². The minimum Gasteiger partial charge on any atom is -0.497 e. The maximum absolute atomic E-state index is 13.9. The summed E-state index contributed by atoms with van der Waals surface area (Å²) in [5, 5.41) is 0. The van der Waals surface area contributed by atoms with Crippen molar-refractivity contribution in [2.24, 2.45) is 0 Å². The van der Waals surface area contributed by atoms with E-state index in [0.717, 1.165) is 17.4 Å². The fourth-order valence-corrected chi connectivity index (χ4v) is 3.92. The van der Waals surface area contributed by atoms with Crippen LogP contribution in [0.15, 0.2) is 42.5 Å². The Balaban J connectivity index is 1.38. The molecule has 2 aliphatic rings. The van der Waals surface area contributed by atoms with E-state index in [1.54, 1.807) is 18.1 Å².